The Morgan fingerprint density at radius 3 is 2.68 bits per heavy atom. The molecule has 19 heavy (non-hydrogen) atoms. The van der Waals surface area contributed by atoms with Crippen LogP contribution in [0.4, 0.5) is 0 Å². The summed E-state index contributed by atoms with van der Waals surface area (Å²) in [5, 5.41) is 3.57. The van der Waals surface area contributed by atoms with E-state index in [1.54, 1.807) is 7.11 Å². The van der Waals surface area contributed by atoms with Crippen LogP contribution in [0.15, 0.2) is 24.3 Å². The third-order valence-corrected chi connectivity index (χ3v) is 3.89. The molecule has 0 aliphatic heterocycles. The van der Waals surface area contributed by atoms with Crippen LogP contribution < -0.4 is 10.1 Å². The van der Waals surface area contributed by atoms with Crippen LogP contribution in [0.5, 0.6) is 5.75 Å². The minimum atomic E-state index is 0.109. The maximum atomic E-state index is 6.13. The van der Waals surface area contributed by atoms with Crippen LogP contribution in [-0.2, 0) is 4.74 Å². The lowest BCUT2D eigenvalue weighted by atomic mass is 10.1. The van der Waals surface area contributed by atoms with Crippen molar-refractivity contribution in [3.63, 3.8) is 0 Å². The fourth-order valence-electron chi connectivity index (χ4n) is 2.29. The average Bonchev–Trinajstić information content (AvgIpc) is 3.33. The minimum Gasteiger partial charge on any atom is -0.496 e. The highest BCUT2D eigenvalue weighted by molar-refractivity contribution is 5.35. The van der Waals surface area contributed by atoms with E-state index in [1.807, 2.05) is 12.1 Å². The Bertz CT molecular complexity index is 397. The predicted molar refractivity (Wildman–Crippen MR) is 75.4 cm³/mol. The van der Waals surface area contributed by atoms with Crippen LogP contribution in [0, 0.1) is 5.92 Å². The molecule has 0 spiro atoms. The van der Waals surface area contributed by atoms with E-state index in [-0.39, 0.29) is 6.10 Å². The summed E-state index contributed by atoms with van der Waals surface area (Å²) in [5.74, 6) is 1.72. The smallest absolute Gasteiger partial charge is 0.124 e. The molecule has 3 nitrogen and oxygen atoms in total. The van der Waals surface area contributed by atoms with Crippen molar-refractivity contribution in [1.29, 1.82) is 0 Å². The summed E-state index contributed by atoms with van der Waals surface area (Å²) >= 11 is 0. The molecule has 0 aromatic heterocycles. The molecule has 1 atom stereocenters. The maximum Gasteiger partial charge on any atom is 0.124 e. The van der Waals surface area contributed by atoms with Crippen molar-refractivity contribution in [2.45, 2.75) is 37.8 Å². The summed E-state index contributed by atoms with van der Waals surface area (Å²) in [6.07, 6.45) is 5.38. The van der Waals surface area contributed by atoms with Gasteiger partial charge in [-0.3, -0.25) is 0 Å². The van der Waals surface area contributed by atoms with Crippen LogP contribution >= 0.6 is 0 Å². The summed E-state index contributed by atoms with van der Waals surface area (Å²) in [4.78, 5) is 0. The molecule has 1 N–H and O–H groups in total. The molecule has 2 aliphatic carbocycles. The largest absolute Gasteiger partial charge is 0.496 e. The quantitative estimate of drug-likeness (QED) is 0.780. The molecule has 0 bridgehead atoms. The second kappa shape index (κ2) is 5.93. The van der Waals surface area contributed by atoms with E-state index in [0.29, 0.717) is 6.04 Å². The Balaban J connectivity index is 1.66. The van der Waals surface area contributed by atoms with Gasteiger partial charge in [-0.1, -0.05) is 18.2 Å². The van der Waals surface area contributed by atoms with Crippen molar-refractivity contribution in [1.82, 2.24) is 5.32 Å². The number of ether oxygens (including phenoxy) is 2. The van der Waals surface area contributed by atoms with Gasteiger partial charge >= 0.3 is 0 Å². The Labute approximate surface area is 115 Å². The van der Waals surface area contributed by atoms with Gasteiger partial charge in [0.05, 0.1) is 19.8 Å². The predicted octanol–water partition coefficient (Wildman–Crippen LogP) is 2.91. The number of benzene rings is 1. The van der Waals surface area contributed by atoms with Gasteiger partial charge < -0.3 is 14.8 Å². The van der Waals surface area contributed by atoms with Crippen molar-refractivity contribution in [3.8, 4) is 5.75 Å². The van der Waals surface area contributed by atoms with Gasteiger partial charge in [0.15, 0.2) is 0 Å². The van der Waals surface area contributed by atoms with Crippen LogP contribution in [0.2, 0.25) is 0 Å². The Morgan fingerprint density at radius 1 is 1.21 bits per heavy atom. The van der Waals surface area contributed by atoms with Crippen molar-refractivity contribution in [2.75, 3.05) is 20.3 Å². The number of methoxy groups -OCH3 is 1. The Hall–Kier alpha value is -1.06. The van der Waals surface area contributed by atoms with Crippen molar-refractivity contribution in [2.24, 2.45) is 5.92 Å². The molecule has 104 valence electrons. The SMILES string of the molecule is COc1ccccc1C(CNC1CC1)OCC1CC1. The second-order valence-corrected chi connectivity index (χ2v) is 5.69. The van der Waals surface area contributed by atoms with Crippen LogP contribution in [-0.4, -0.2) is 26.3 Å². The summed E-state index contributed by atoms with van der Waals surface area (Å²) < 4.78 is 11.6. The highest BCUT2D eigenvalue weighted by atomic mass is 16.5. The van der Waals surface area contributed by atoms with Crippen molar-refractivity contribution >= 4 is 0 Å². The zero-order valence-electron chi connectivity index (χ0n) is 11.6. The molecule has 2 fully saturated rings. The van der Waals surface area contributed by atoms with Gasteiger partial charge in [0.1, 0.15) is 5.75 Å². The van der Waals surface area contributed by atoms with E-state index in [2.05, 4.69) is 17.4 Å². The van der Waals surface area contributed by atoms with Gasteiger partial charge in [-0.25, -0.2) is 0 Å². The lowest BCUT2D eigenvalue weighted by Gasteiger charge is -2.21. The minimum absolute atomic E-state index is 0.109. The molecule has 2 saturated carbocycles. The molecule has 0 saturated heterocycles. The highest BCUT2D eigenvalue weighted by Gasteiger charge is 2.27. The van der Waals surface area contributed by atoms with E-state index < -0.39 is 0 Å². The summed E-state index contributed by atoms with van der Waals surface area (Å²) in [7, 11) is 1.73. The molecule has 1 aromatic rings. The molecule has 1 aromatic carbocycles. The first-order chi connectivity index (χ1) is 9.36. The molecule has 0 radical (unpaired) electrons. The number of nitrogens with one attached hydrogen (secondary N) is 1. The van der Waals surface area contributed by atoms with Crippen molar-refractivity contribution < 1.29 is 9.47 Å². The molecular weight excluding hydrogens is 238 g/mol. The maximum absolute atomic E-state index is 6.13. The summed E-state index contributed by atoms with van der Waals surface area (Å²) in [5.41, 5.74) is 1.17. The fourth-order valence-corrected chi connectivity index (χ4v) is 2.29. The van der Waals surface area contributed by atoms with Crippen LogP contribution in [0.3, 0.4) is 0 Å². The lowest BCUT2D eigenvalue weighted by molar-refractivity contribution is 0.0434. The average molecular weight is 261 g/mol. The first-order valence-electron chi connectivity index (χ1n) is 7.34. The zero-order chi connectivity index (χ0) is 13.1. The van der Waals surface area contributed by atoms with Crippen LogP contribution in [0.1, 0.15) is 37.4 Å². The molecule has 1 unspecified atom stereocenters. The summed E-state index contributed by atoms with van der Waals surface area (Å²) in [6.45, 7) is 1.77. The molecule has 3 heteroatoms. The van der Waals surface area contributed by atoms with E-state index in [0.717, 1.165) is 24.8 Å². The van der Waals surface area contributed by atoms with E-state index >= 15 is 0 Å². The molecule has 2 aliphatic rings. The number of hydrogen-bond acceptors (Lipinski definition) is 3. The monoisotopic (exact) mass is 261 g/mol. The standard InChI is InChI=1S/C16H23NO2/c1-18-15-5-3-2-4-14(15)16(10-17-13-8-9-13)19-11-12-6-7-12/h2-5,12-13,16-17H,6-11H2,1H3. The first-order valence-corrected chi connectivity index (χ1v) is 7.34. The Morgan fingerprint density at radius 2 is 2.00 bits per heavy atom. The topological polar surface area (TPSA) is 30.5 Å². The second-order valence-electron chi connectivity index (χ2n) is 5.69. The number of rotatable bonds is 8. The molecule has 3 rings (SSSR count). The van der Waals surface area contributed by atoms with Gasteiger partial charge in [0.2, 0.25) is 0 Å². The van der Waals surface area contributed by atoms with E-state index in [1.165, 1.54) is 31.2 Å². The normalized spacial score (nSPS) is 20.3. The van der Waals surface area contributed by atoms with Gasteiger partial charge in [-0.2, -0.15) is 0 Å². The summed E-state index contributed by atoms with van der Waals surface area (Å²) in [6, 6.07) is 8.91. The van der Waals surface area contributed by atoms with Gasteiger partial charge in [-0.15, -0.1) is 0 Å². The lowest BCUT2D eigenvalue weighted by Crippen LogP contribution is -2.26. The number of hydrogen-bond donors (Lipinski definition) is 1. The Kier molecular flexibility index (Phi) is 4.04. The third kappa shape index (κ3) is 3.71. The van der Waals surface area contributed by atoms with Gasteiger partial charge in [0.25, 0.3) is 0 Å². The first kappa shape index (κ1) is 12.9. The number of para-hydroxylation sites is 1. The van der Waals surface area contributed by atoms with E-state index in [9.17, 15) is 0 Å². The highest BCUT2D eigenvalue weighted by Crippen LogP contribution is 2.33. The molecule has 0 amide bonds. The van der Waals surface area contributed by atoms with Gasteiger partial charge in [-0.05, 0) is 37.7 Å². The third-order valence-electron chi connectivity index (χ3n) is 3.89. The zero-order valence-corrected chi connectivity index (χ0v) is 11.6. The van der Waals surface area contributed by atoms with E-state index in [4.69, 9.17) is 9.47 Å². The molecule has 0 heterocycles. The van der Waals surface area contributed by atoms with Gasteiger partial charge in [0, 0.05) is 18.2 Å². The fraction of sp³-hybridized carbons (Fsp3) is 0.625. The van der Waals surface area contributed by atoms with Crippen LogP contribution in [0.25, 0.3) is 0 Å². The molecular formula is C16H23NO2. The van der Waals surface area contributed by atoms with Crippen molar-refractivity contribution in [3.05, 3.63) is 29.8 Å².